The number of esters is 1. The molecule has 2 aliphatic heterocycles. The molecule has 1 amide bonds. The average Bonchev–Trinajstić information content (AvgIpc) is 3.15. The molecule has 1 saturated heterocycles. The number of nitrogens with zero attached hydrogens (tertiary/aromatic N) is 1. The van der Waals surface area contributed by atoms with Gasteiger partial charge in [0.2, 0.25) is 0 Å². The van der Waals surface area contributed by atoms with Crippen molar-refractivity contribution in [3.63, 3.8) is 0 Å². The molecule has 0 bridgehead atoms. The summed E-state index contributed by atoms with van der Waals surface area (Å²) in [6.45, 7) is 0.937. The minimum atomic E-state index is -0.683. The second kappa shape index (κ2) is 7.54. The molecule has 1 fully saturated rings. The summed E-state index contributed by atoms with van der Waals surface area (Å²) in [5, 5.41) is 0. The molecule has 6 heteroatoms. The Labute approximate surface area is 168 Å². The third kappa shape index (κ3) is 3.78. The minimum Gasteiger partial charge on any atom is -0.484 e. The predicted octanol–water partition coefficient (Wildman–Crippen LogP) is 3.12. The van der Waals surface area contributed by atoms with E-state index in [1.54, 1.807) is 41.3 Å². The number of carbonyl (C=O) groups excluding carboxylic acids is 3. The van der Waals surface area contributed by atoms with Gasteiger partial charge in [-0.3, -0.25) is 9.59 Å². The Balaban J connectivity index is 1.52. The van der Waals surface area contributed by atoms with Gasteiger partial charge in [-0.15, -0.1) is 0 Å². The van der Waals surface area contributed by atoms with E-state index in [0.717, 1.165) is 0 Å². The van der Waals surface area contributed by atoms with Gasteiger partial charge in [-0.1, -0.05) is 24.3 Å². The van der Waals surface area contributed by atoms with Crippen LogP contribution < -0.4 is 4.74 Å². The van der Waals surface area contributed by atoms with Gasteiger partial charge in [-0.25, -0.2) is 4.79 Å². The third-order valence-electron chi connectivity index (χ3n) is 5.35. The first kappa shape index (κ1) is 18.9. The molecule has 2 aromatic rings. The van der Waals surface area contributed by atoms with Crippen LogP contribution in [-0.2, 0) is 9.53 Å². The van der Waals surface area contributed by atoms with Crippen LogP contribution in [0.25, 0.3) is 6.08 Å². The first-order valence-corrected chi connectivity index (χ1v) is 9.46. The lowest BCUT2D eigenvalue weighted by molar-refractivity contribution is -0.134. The Morgan fingerprint density at radius 2 is 1.97 bits per heavy atom. The fourth-order valence-electron chi connectivity index (χ4n) is 3.86. The molecule has 1 spiro atoms. The largest absolute Gasteiger partial charge is 0.484 e. The van der Waals surface area contributed by atoms with Crippen LogP contribution in [0.15, 0.2) is 54.6 Å². The number of ether oxygens (including phenoxy) is 2. The Hall–Kier alpha value is -3.41. The quantitative estimate of drug-likeness (QED) is 0.594. The summed E-state index contributed by atoms with van der Waals surface area (Å²) >= 11 is 0. The van der Waals surface area contributed by atoms with Gasteiger partial charge in [0.1, 0.15) is 11.4 Å². The Morgan fingerprint density at radius 1 is 1.17 bits per heavy atom. The van der Waals surface area contributed by atoms with E-state index in [1.807, 2.05) is 18.2 Å². The third-order valence-corrected chi connectivity index (χ3v) is 5.35. The zero-order chi connectivity index (χ0) is 20.4. The van der Waals surface area contributed by atoms with Gasteiger partial charge in [-0.05, 0) is 35.9 Å². The number of rotatable bonds is 3. The molecule has 0 saturated carbocycles. The molecule has 0 N–H and O–H groups in total. The second-order valence-corrected chi connectivity index (χ2v) is 7.34. The van der Waals surface area contributed by atoms with Gasteiger partial charge >= 0.3 is 5.97 Å². The van der Waals surface area contributed by atoms with E-state index >= 15 is 0 Å². The zero-order valence-electron chi connectivity index (χ0n) is 16.1. The van der Waals surface area contributed by atoms with Crippen LogP contribution >= 0.6 is 0 Å². The number of Topliss-reactive ketones (excluding diaryl/α,β-unsaturated/α-hetero) is 1. The predicted molar refractivity (Wildman–Crippen MR) is 107 cm³/mol. The summed E-state index contributed by atoms with van der Waals surface area (Å²) in [5.41, 5.74) is 1.16. The number of likely N-dealkylation sites (tertiary alicyclic amines) is 1. The number of fused-ring (bicyclic) bond motifs is 1. The van der Waals surface area contributed by atoms with Crippen LogP contribution in [0.2, 0.25) is 0 Å². The lowest BCUT2D eigenvalue weighted by atomic mass is 9.88. The summed E-state index contributed by atoms with van der Waals surface area (Å²) < 4.78 is 10.8. The number of methoxy groups -OCH3 is 1. The molecule has 2 aromatic carbocycles. The summed E-state index contributed by atoms with van der Waals surface area (Å²) in [6.07, 6.45) is 3.74. The molecule has 148 valence electrons. The van der Waals surface area contributed by atoms with Crippen molar-refractivity contribution in [1.29, 1.82) is 0 Å². The first-order chi connectivity index (χ1) is 14.0. The lowest BCUT2D eigenvalue weighted by Gasteiger charge is -2.34. The number of hydrogen-bond acceptors (Lipinski definition) is 5. The topological polar surface area (TPSA) is 72.9 Å². The van der Waals surface area contributed by atoms with Gasteiger partial charge in [0, 0.05) is 24.6 Å². The van der Waals surface area contributed by atoms with E-state index in [2.05, 4.69) is 4.74 Å². The first-order valence-electron chi connectivity index (χ1n) is 9.46. The van der Waals surface area contributed by atoms with Crippen molar-refractivity contribution in [3.05, 3.63) is 71.3 Å². The van der Waals surface area contributed by atoms with Crippen molar-refractivity contribution in [3.8, 4) is 5.75 Å². The number of carbonyl (C=O) groups is 3. The van der Waals surface area contributed by atoms with Crippen LogP contribution in [-0.4, -0.2) is 48.4 Å². The summed E-state index contributed by atoms with van der Waals surface area (Å²) in [7, 11) is 1.31. The highest BCUT2D eigenvalue weighted by Crippen LogP contribution is 2.39. The van der Waals surface area contributed by atoms with Gasteiger partial charge in [0.05, 0.1) is 25.6 Å². The Morgan fingerprint density at radius 3 is 2.72 bits per heavy atom. The van der Waals surface area contributed by atoms with Gasteiger partial charge in [-0.2, -0.15) is 0 Å². The van der Waals surface area contributed by atoms with Gasteiger partial charge in [0.25, 0.3) is 5.91 Å². The maximum Gasteiger partial charge on any atom is 0.330 e. The number of benzene rings is 2. The molecular weight excluding hydrogens is 370 g/mol. The summed E-state index contributed by atoms with van der Waals surface area (Å²) in [5.74, 6) is -0.00921. The fraction of sp³-hybridized carbons (Fsp3) is 0.261. The molecule has 6 nitrogen and oxygen atoms in total. The van der Waals surface area contributed by atoms with Crippen LogP contribution in [0, 0.1) is 0 Å². The van der Waals surface area contributed by atoms with Crippen LogP contribution in [0.4, 0.5) is 0 Å². The molecule has 29 heavy (non-hydrogen) atoms. The fourth-order valence-corrected chi connectivity index (χ4v) is 3.86. The molecule has 0 aromatic heterocycles. The summed E-state index contributed by atoms with van der Waals surface area (Å²) in [4.78, 5) is 38.6. The molecule has 1 atom stereocenters. The molecule has 0 radical (unpaired) electrons. The number of amides is 1. The lowest BCUT2D eigenvalue weighted by Crippen LogP contribution is -2.45. The van der Waals surface area contributed by atoms with Crippen LogP contribution in [0.3, 0.4) is 0 Å². The maximum atomic E-state index is 12.8. The normalized spacial score (nSPS) is 20.6. The molecular formula is C23H21NO5. The van der Waals surface area contributed by atoms with E-state index in [4.69, 9.17) is 4.74 Å². The van der Waals surface area contributed by atoms with E-state index < -0.39 is 11.6 Å². The van der Waals surface area contributed by atoms with E-state index in [0.29, 0.717) is 42.0 Å². The smallest absolute Gasteiger partial charge is 0.330 e. The van der Waals surface area contributed by atoms with E-state index in [9.17, 15) is 14.4 Å². The molecule has 0 aliphatic carbocycles. The van der Waals surface area contributed by atoms with Gasteiger partial charge in [0.15, 0.2) is 5.78 Å². The zero-order valence-corrected chi connectivity index (χ0v) is 16.1. The van der Waals surface area contributed by atoms with Crippen LogP contribution in [0.5, 0.6) is 5.75 Å². The Bertz CT molecular complexity index is 998. The van der Waals surface area contributed by atoms with Crippen LogP contribution in [0.1, 0.15) is 39.1 Å². The average molecular weight is 391 g/mol. The molecule has 2 aliphatic rings. The van der Waals surface area contributed by atoms with Crippen molar-refractivity contribution in [2.75, 3.05) is 20.2 Å². The molecule has 1 unspecified atom stereocenters. The number of hydrogen-bond donors (Lipinski definition) is 0. The summed E-state index contributed by atoms with van der Waals surface area (Å²) in [6, 6.07) is 14.4. The van der Waals surface area contributed by atoms with Crippen molar-refractivity contribution < 1.29 is 23.9 Å². The SMILES string of the molecule is COC(=O)C=Cc1ccc2c(c1)C(=O)CC1(CCN(C(=O)c3ccccc3)C1)O2. The second-order valence-electron chi connectivity index (χ2n) is 7.34. The van der Waals surface area contributed by atoms with E-state index in [1.165, 1.54) is 13.2 Å². The molecule has 2 heterocycles. The highest BCUT2D eigenvalue weighted by Gasteiger charge is 2.47. The monoisotopic (exact) mass is 391 g/mol. The van der Waals surface area contributed by atoms with Crippen molar-refractivity contribution in [1.82, 2.24) is 4.90 Å². The van der Waals surface area contributed by atoms with Gasteiger partial charge < -0.3 is 14.4 Å². The standard InChI is InChI=1S/C23H21NO5/c1-28-21(26)10-8-16-7-9-20-18(13-16)19(25)14-23(29-20)11-12-24(15-23)22(27)17-5-3-2-4-6-17/h2-10,13H,11-12,14-15H2,1H3. The highest BCUT2D eigenvalue weighted by molar-refractivity contribution is 6.01. The van der Waals surface area contributed by atoms with E-state index in [-0.39, 0.29) is 18.1 Å². The van der Waals surface area contributed by atoms with Crippen molar-refractivity contribution >= 4 is 23.7 Å². The van der Waals surface area contributed by atoms with Crippen molar-refractivity contribution in [2.45, 2.75) is 18.4 Å². The van der Waals surface area contributed by atoms with Crippen molar-refractivity contribution in [2.24, 2.45) is 0 Å². The Kier molecular flexibility index (Phi) is 4.92. The number of ketones is 1. The minimum absolute atomic E-state index is 0.0198. The molecule has 4 rings (SSSR count). The maximum absolute atomic E-state index is 12.8. The highest BCUT2D eigenvalue weighted by atomic mass is 16.5.